The Labute approximate surface area is 86.6 Å². The molecule has 0 saturated carbocycles. The van der Waals surface area contributed by atoms with Gasteiger partial charge in [0.1, 0.15) is 5.84 Å². The molecule has 0 saturated heterocycles. The molecule has 0 spiro atoms. The van der Waals surface area contributed by atoms with Crippen molar-refractivity contribution in [2.45, 2.75) is 6.42 Å². The van der Waals surface area contributed by atoms with Gasteiger partial charge in [-0.1, -0.05) is 23.7 Å². The van der Waals surface area contributed by atoms with Crippen LogP contribution in [-0.4, -0.2) is 11.7 Å². The maximum absolute atomic E-state index is 11.2. The summed E-state index contributed by atoms with van der Waals surface area (Å²) in [7, 11) is 0. The molecule has 0 heterocycles. The molecule has 1 aromatic rings. The van der Waals surface area contributed by atoms with Crippen molar-refractivity contribution in [3.8, 4) is 0 Å². The lowest BCUT2D eigenvalue weighted by atomic mass is 10.3. The van der Waals surface area contributed by atoms with Gasteiger partial charge in [0, 0.05) is 0 Å². The molecule has 4 N–H and O–H groups in total. The van der Waals surface area contributed by atoms with Crippen molar-refractivity contribution in [2.75, 3.05) is 5.32 Å². The number of halogens is 1. The standard InChI is InChI=1S/C9H10ClN3O/c10-6-3-1-2-4-7(6)13-9(14)5-8(11)12/h1-4H,5H2,(H3,11,12)(H,13,14). The SMILES string of the molecule is N=C(N)CC(=O)Nc1ccccc1Cl. The first-order valence-electron chi connectivity index (χ1n) is 3.97. The van der Waals surface area contributed by atoms with Crippen LogP contribution >= 0.6 is 11.6 Å². The quantitative estimate of drug-likeness (QED) is 0.525. The van der Waals surface area contributed by atoms with E-state index in [4.69, 9.17) is 22.7 Å². The highest BCUT2D eigenvalue weighted by atomic mass is 35.5. The van der Waals surface area contributed by atoms with Crippen molar-refractivity contribution in [1.82, 2.24) is 0 Å². The lowest BCUT2D eigenvalue weighted by Crippen LogP contribution is -2.21. The lowest BCUT2D eigenvalue weighted by molar-refractivity contribution is -0.115. The molecule has 5 heteroatoms. The van der Waals surface area contributed by atoms with Gasteiger partial charge in [-0.3, -0.25) is 10.2 Å². The minimum atomic E-state index is -0.342. The maximum atomic E-state index is 11.2. The Morgan fingerprint density at radius 2 is 2.14 bits per heavy atom. The first-order valence-corrected chi connectivity index (χ1v) is 4.34. The largest absolute Gasteiger partial charge is 0.387 e. The minimum absolute atomic E-state index is 0.120. The molecule has 0 radical (unpaired) electrons. The summed E-state index contributed by atoms with van der Waals surface area (Å²) in [4.78, 5) is 11.2. The van der Waals surface area contributed by atoms with Gasteiger partial charge >= 0.3 is 0 Å². The fourth-order valence-electron chi connectivity index (χ4n) is 0.930. The highest BCUT2D eigenvalue weighted by molar-refractivity contribution is 6.33. The molecule has 1 amide bonds. The molecule has 0 fully saturated rings. The zero-order valence-corrected chi connectivity index (χ0v) is 8.14. The number of amidine groups is 1. The van der Waals surface area contributed by atoms with Crippen LogP contribution < -0.4 is 11.1 Å². The van der Waals surface area contributed by atoms with Crippen LogP contribution in [0.15, 0.2) is 24.3 Å². The molecule has 14 heavy (non-hydrogen) atoms. The van der Waals surface area contributed by atoms with E-state index in [9.17, 15) is 4.79 Å². The number of benzene rings is 1. The highest BCUT2D eigenvalue weighted by Crippen LogP contribution is 2.20. The molecular weight excluding hydrogens is 202 g/mol. The molecule has 0 aliphatic carbocycles. The van der Waals surface area contributed by atoms with E-state index in [2.05, 4.69) is 5.32 Å². The summed E-state index contributed by atoms with van der Waals surface area (Å²) in [5, 5.41) is 9.94. The molecule has 0 aliphatic heterocycles. The molecule has 0 aliphatic rings. The molecular formula is C9H10ClN3O. The van der Waals surface area contributed by atoms with Gasteiger partial charge in [0.2, 0.25) is 5.91 Å². The summed E-state index contributed by atoms with van der Waals surface area (Å²) in [5.74, 6) is -0.514. The summed E-state index contributed by atoms with van der Waals surface area (Å²) in [5.41, 5.74) is 5.60. The second-order valence-electron chi connectivity index (χ2n) is 2.73. The Morgan fingerprint density at radius 1 is 1.50 bits per heavy atom. The lowest BCUT2D eigenvalue weighted by Gasteiger charge is -2.05. The number of hydrogen-bond acceptors (Lipinski definition) is 2. The van der Waals surface area contributed by atoms with Gasteiger partial charge in [-0.25, -0.2) is 0 Å². The van der Waals surface area contributed by atoms with Crippen molar-refractivity contribution in [3.05, 3.63) is 29.3 Å². The van der Waals surface area contributed by atoms with Gasteiger partial charge in [-0.15, -0.1) is 0 Å². The van der Waals surface area contributed by atoms with Crippen LogP contribution in [0.25, 0.3) is 0 Å². The Balaban J connectivity index is 2.65. The molecule has 1 aromatic carbocycles. The molecule has 74 valence electrons. The molecule has 0 bridgehead atoms. The number of nitrogens with two attached hydrogens (primary N) is 1. The van der Waals surface area contributed by atoms with E-state index >= 15 is 0 Å². The van der Waals surface area contributed by atoms with Crippen molar-refractivity contribution in [3.63, 3.8) is 0 Å². The van der Waals surface area contributed by atoms with Gasteiger partial charge < -0.3 is 11.1 Å². The number of nitrogens with one attached hydrogen (secondary N) is 2. The molecule has 0 aromatic heterocycles. The van der Waals surface area contributed by atoms with Gasteiger partial charge in [-0.05, 0) is 12.1 Å². The first-order chi connectivity index (χ1) is 6.59. The van der Waals surface area contributed by atoms with Crippen LogP contribution in [0.1, 0.15) is 6.42 Å². The van der Waals surface area contributed by atoms with Crippen LogP contribution in [-0.2, 0) is 4.79 Å². The monoisotopic (exact) mass is 211 g/mol. The third-order valence-corrected chi connectivity index (χ3v) is 1.83. The van der Waals surface area contributed by atoms with Crippen molar-refractivity contribution in [2.24, 2.45) is 5.73 Å². The number of amides is 1. The van der Waals surface area contributed by atoms with Crippen LogP contribution in [0.2, 0.25) is 5.02 Å². The average Bonchev–Trinajstić information content (AvgIpc) is 2.07. The Kier molecular flexibility index (Phi) is 3.48. The predicted molar refractivity (Wildman–Crippen MR) is 56.6 cm³/mol. The Morgan fingerprint density at radius 3 is 2.71 bits per heavy atom. The number of para-hydroxylation sites is 1. The second-order valence-corrected chi connectivity index (χ2v) is 3.14. The zero-order chi connectivity index (χ0) is 10.6. The molecule has 4 nitrogen and oxygen atoms in total. The number of anilines is 1. The van der Waals surface area contributed by atoms with E-state index in [0.29, 0.717) is 10.7 Å². The number of carbonyl (C=O) groups is 1. The van der Waals surface area contributed by atoms with Crippen molar-refractivity contribution < 1.29 is 4.79 Å². The molecule has 1 rings (SSSR count). The van der Waals surface area contributed by atoms with Gasteiger partial charge in [0.25, 0.3) is 0 Å². The normalized spacial score (nSPS) is 9.50. The highest BCUT2D eigenvalue weighted by Gasteiger charge is 2.05. The van der Waals surface area contributed by atoms with Crippen LogP contribution in [0.4, 0.5) is 5.69 Å². The fraction of sp³-hybridized carbons (Fsp3) is 0.111. The predicted octanol–water partition coefficient (Wildman–Crippen LogP) is 1.60. The van der Waals surface area contributed by atoms with E-state index in [1.807, 2.05) is 0 Å². The summed E-state index contributed by atoms with van der Waals surface area (Å²) in [6.45, 7) is 0. The number of rotatable bonds is 3. The molecule has 0 atom stereocenters. The van der Waals surface area contributed by atoms with Gasteiger partial charge in [0.05, 0.1) is 17.1 Å². The topological polar surface area (TPSA) is 79.0 Å². The summed E-state index contributed by atoms with van der Waals surface area (Å²) >= 11 is 5.81. The zero-order valence-electron chi connectivity index (χ0n) is 7.38. The van der Waals surface area contributed by atoms with Crippen molar-refractivity contribution >= 4 is 29.0 Å². The van der Waals surface area contributed by atoms with Gasteiger partial charge in [-0.2, -0.15) is 0 Å². The average molecular weight is 212 g/mol. The third-order valence-electron chi connectivity index (χ3n) is 1.50. The second kappa shape index (κ2) is 4.62. The van der Waals surface area contributed by atoms with Crippen LogP contribution in [0.3, 0.4) is 0 Å². The van der Waals surface area contributed by atoms with Crippen LogP contribution in [0, 0.1) is 5.41 Å². The van der Waals surface area contributed by atoms with E-state index in [0.717, 1.165) is 0 Å². The maximum Gasteiger partial charge on any atom is 0.231 e. The Hall–Kier alpha value is -1.55. The van der Waals surface area contributed by atoms with E-state index < -0.39 is 0 Å². The van der Waals surface area contributed by atoms with Crippen molar-refractivity contribution in [1.29, 1.82) is 5.41 Å². The minimum Gasteiger partial charge on any atom is -0.387 e. The Bertz CT molecular complexity index is 365. The number of hydrogen-bond donors (Lipinski definition) is 3. The van der Waals surface area contributed by atoms with Crippen LogP contribution in [0.5, 0.6) is 0 Å². The first kappa shape index (κ1) is 10.5. The third kappa shape index (κ3) is 3.06. The summed E-state index contributed by atoms with van der Waals surface area (Å²) in [6, 6.07) is 6.88. The van der Waals surface area contributed by atoms with E-state index in [1.54, 1.807) is 24.3 Å². The molecule has 0 unspecified atom stereocenters. The summed E-state index contributed by atoms with van der Waals surface area (Å²) in [6.07, 6.45) is -0.120. The smallest absolute Gasteiger partial charge is 0.231 e. The van der Waals surface area contributed by atoms with Gasteiger partial charge in [0.15, 0.2) is 0 Å². The van der Waals surface area contributed by atoms with E-state index in [1.165, 1.54) is 0 Å². The van der Waals surface area contributed by atoms with E-state index in [-0.39, 0.29) is 18.2 Å². The number of carbonyl (C=O) groups excluding carboxylic acids is 1. The fourth-order valence-corrected chi connectivity index (χ4v) is 1.11. The summed E-state index contributed by atoms with van der Waals surface area (Å²) < 4.78 is 0.